The molecule has 0 radical (unpaired) electrons. The van der Waals surface area contributed by atoms with Crippen LogP contribution in [0.15, 0.2) is 0 Å². The minimum atomic E-state index is -0.173. The third-order valence-electron chi connectivity index (χ3n) is 4.41. The minimum absolute atomic E-state index is 0.125. The second-order valence-corrected chi connectivity index (χ2v) is 5.50. The van der Waals surface area contributed by atoms with Gasteiger partial charge in [-0.1, -0.05) is 6.42 Å². The van der Waals surface area contributed by atoms with Crippen molar-refractivity contribution in [2.75, 3.05) is 19.7 Å². The van der Waals surface area contributed by atoms with Crippen LogP contribution in [-0.2, 0) is 9.53 Å². The molecule has 4 heteroatoms. The maximum atomic E-state index is 12.0. The molecule has 3 rings (SSSR count). The highest BCUT2D eigenvalue weighted by molar-refractivity contribution is 5.81. The molecule has 96 valence electrons. The molecule has 3 fully saturated rings. The molecular formula is C13H22N2O2. The van der Waals surface area contributed by atoms with Crippen molar-refractivity contribution in [1.29, 1.82) is 0 Å². The zero-order valence-corrected chi connectivity index (χ0v) is 10.4. The molecular weight excluding hydrogens is 216 g/mol. The lowest BCUT2D eigenvalue weighted by atomic mass is 9.99. The predicted molar refractivity (Wildman–Crippen MR) is 64.7 cm³/mol. The number of piperidine rings is 1. The van der Waals surface area contributed by atoms with Gasteiger partial charge in [-0.15, -0.1) is 0 Å². The minimum Gasteiger partial charge on any atom is -0.368 e. The molecule has 17 heavy (non-hydrogen) atoms. The second-order valence-electron chi connectivity index (χ2n) is 5.50. The van der Waals surface area contributed by atoms with Crippen molar-refractivity contribution in [2.24, 2.45) is 0 Å². The molecule has 3 saturated heterocycles. The van der Waals surface area contributed by atoms with Gasteiger partial charge >= 0.3 is 0 Å². The lowest BCUT2D eigenvalue weighted by Crippen LogP contribution is -2.49. The molecule has 0 aliphatic carbocycles. The number of rotatable bonds is 2. The highest BCUT2D eigenvalue weighted by Gasteiger charge is 2.37. The quantitative estimate of drug-likeness (QED) is 0.777. The van der Waals surface area contributed by atoms with Gasteiger partial charge in [0.15, 0.2) is 0 Å². The average Bonchev–Trinajstić information content (AvgIpc) is 2.98. The van der Waals surface area contributed by atoms with Crippen molar-refractivity contribution < 1.29 is 9.53 Å². The topological polar surface area (TPSA) is 41.6 Å². The van der Waals surface area contributed by atoms with Gasteiger partial charge in [-0.05, 0) is 38.6 Å². The lowest BCUT2D eigenvalue weighted by molar-refractivity contribution is -0.131. The largest absolute Gasteiger partial charge is 0.368 e. The van der Waals surface area contributed by atoms with E-state index in [0.717, 1.165) is 32.4 Å². The fourth-order valence-electron chi connectivity index (χ4n) is 3.48. The van der Waals surface area contributed by atoms with Crippen molar-refractivity contribution in [3.8, 4) is 0 Å². The predicted octanol–water partition coefficient (Wildman–Crippen LogP) is 0.908. The van der Waals surface area contributed by atoms with Crippen LogP contribution < -0.4 is 5.32 Å². The van der Waals surface area contributed by atoms with Gasteiger partial charge < -0.3 is 10.1 Å². The molecule has 3 atom stereocenters. The highest BCUT2D eigenvalue weighted by Crippen LogP contribution is 2.27. The number of ether oxygens (including phenoxy) is 1. The summed E-state index contributed by atoms with van der Waals surface area (Å²) in [5, 5.41) is 3.21. The van der Waals surface area contributed by atoms with Crippen LogP contribution in [0.1, 0.15) is 38.5 Å². The number of nitrogens with one attached hydrogen (secondary N) is 1. The molecule has 0 aromatic rings. The Labute approximate surface area is 103 Å². The van der Waals surface area contributed by atoms with Crippen LogP contribution >= 0.6 is 0 Å². The van der Waals surface area contributed by atoms with Crippen molar-refractivity contribution in [1.82, 2.24) is 10.2 Å². The van der Waals surface area contributed by atoms with Gasteiger partial charge in [0.2, 0.25) is 5.91 Å². The maximum absolute atomic E-state index is 12.0. The average molecular weight is 238 g/mol. The Hall–Kier alpha value is -0.610. The van der Waals surface area contributed by atoms with Crippen LogP contribution in [0.25, 0.3) is 0 Å². The van der Waals surface area contributed by atoms with Crippen molar-refractivity contribution in [3.05, 3.63) is 0 Å². The number of carbonyl (C=O) groups is 1. The van der Waals surface area contributed by atoms with Gasteiger partial charge in [0.1, 0.15) is 6.10 Å². The van der Waals surface area contributed by atoms with Gasteiger partial charge in [0, 0.05) is 25.2 Å². The van der Waals surface area contributed by atoms with E-state index in [1.807, 2.05) is 0 Å². The van der Waals surface area contributed by atoms with Gasteiger partial charge in [-0.2, -0.15) is 0 Å². The van der Waals surface area contributed by atoms with E-state index in [4.69, 9.17) is 4.74 Å². The summed E-state index contributed by atoms with van der Waals surface area (Å²) in [5.41, 5.74) is 0. The van der Waals surface area contributed by atoms with Crippen LogP contribution in [0.4, 0.5) is 0 Å². The number of amides is 1. The Morgan fingerprint density at radius 1 is 1.12 bits per heavy atom. The molecule has 1 N–H and O–H groups in total. The number of hydrogen-bond acceptors (Lipinski definition) is 3. The maximum Gasteiger partial charge on any atom is 0.249 e. The molecule has 0 bridgehead atoms. The molecule has 4 nitrogen and oxygen atoms in total. The lowest BCUT2D eigenvalue weighted by Gasteiger charge is -2.32. The Morgan fingerprint density at radius 2 is 2.06 bits per heavy atom. The summed E-state index contributed by atoms with van der Waals surface area (Å²) >= 11 is 0. The Balaban J connectivity index is 1.56. The first-order valence-corrected chi connectivity index (χ1v) is 7.00. The third kappa shape index (κ3) is 2.33. The van der Waals surface area contributed by atoms with Gasteiger partial charge in [0.05, 0.1) is 0 Å². The number of carbonyl (C=O) groups excluding carboxylic acids is 1. The standard InChI is InChI=1S/C13H22N2O2/c16-13(12-5-3-9-17-12)14-10-6-8-15-7-2-1-4-11(10)15/h10-12H,1-9H2,(H,14,16). The zero-order valence-electron chi connectivity index (χ0n) is 10.4. The van der Waals surface area contributed by atoms with Crippen molar-refractivity contribution in [3.63, 3.8) is 0 Å². The van der Waals surface area contributed by atoms with Crippen LogP contribution in [0, 0.1) is 0 Å². The first kappa shape index (κ1) is 11.5. The van der Waals surface area contributed by atoms with E-state index >= 15 is 0 Å². The molecule has 0 saturated carbocycles. The fourth-order valence-corrected chi connectivity index (χ4v) is 3.48. The van der Waals surface area contributed by atoms with Gasteiger partial charge in [0.25, 0.3) is 0 Å². The third-order valence-corrected chi connectivity index (χ3v) is 4.41. The van der Waals surface area contributed by atoms with Crippen molar-refractivity contribution in [2.45, 2.75) is 56.7 Å². The Kier molecular flexibility index (Phi) is 3.34. The zero-order chi connectivity index (χ0) is 11.7. The van der Waals surface area contributed by atoms with Crippen LogP contribution in [-0.4, -0.2) is 48.7 Å². The highest BCUT2D eigenvalue weighted by atomic mass is 16.5. The first-order valence-electron chi connectivity index (χ1n) is 7.00. The molecule has 3 aliphatic rings. The molecule has 3 aliphatic heterocycles. The SMILES string of the molecule is O=C(NC1CCN2CCCCC12)C1CCCO1. The summed E-state index contributed by atoms with van der Waals surface area (Å²) < 4.78 is 5.44. The van der Waals surface area contributed by atoms with E-state index in [9.17, 15) is 4.79 Å². The van der Waals surface area contributed by atoms with E-state index < -0.39 is 0 Å². The van der Waals surface area contributed by atoms with Crippen LogP contribution in [0.2, 0.25) is 0 Å². The monoisotopic (exact) mass is 238 g/mol. The first-order chi connectivity index (χ1) is 8.34. The number of hydrogen-bond donors (Lipinski definition) is 1. The molecule has 1 amide bonds. The normalized spacial score (nSPS) is 38.0. The molecule has 0 spiro atoms. The van der Waals surface area contributed by atoms with Crippen LogP contribution in [0.3, 0.4) is 0 Å². The van der Waals surface area contributed by atoms with Gasteiger partial charge in [-0.25, -0.2) is 0 Å². The second kappa shape index (κ2) is 4.94. The van der Waals surface area contributed by atoms with E-state index in [2.05, 4.69) is 10.2 Å². The summed E-state index contributed by atoms with van der Waals surface area (Å²) in [6, 6.07) is 0.959. The van der Waals surface area contributed by atoms with Gasteiger partial charge in [-0.3, -0.25) is 9.69 Å². The van der Waals surface area contributed by atoms with E-state index in [0.29, 0.717) is 12.1 Å². The summed E-state index contributed by atoms with van der Waals surface area (Å²) in [7, 11) is 0. The van der Waals surface area contributed by atoms with Crippen LogP contribution in [0.5, 0.6) is 0 Å². The molecule has 3 heterocycles. The summed E-state index contributed by atoms with van der Waals surface area (Å²) in [5.74, 6) is 0.125. The fraction of sp³-hybridized carbons (Fsp3) is 0.923. The Bertz CT molecular complexity index is 289. The number of nitrogens with zero attached hydrogens (tertiary/aromatic N) is 1. The van der Waals surface area contributed by atoms with E-state index in [1.165, 1.54) is 25.8 Å². The summed E-state index contributed by atoms with van der Waals surface area (Å²) in [4.78, 5) is 14.6. The smallest absolute Gasteiger partial charge is 0.249 e. The molecule has 0 aromatic carbocycles. The molecule has 0 aromatic heterocycles. The van der Waals surface area contributed by atoms with E-state index in [1.54, 1.807) is 0 Å². The molecule has 3 unspecified atom stereocenters. The number of fused-ring (bicyclic) bond motifs is 1. The van der Waals surface area contributed by atoms with E-state index in [-0.39, 0.29) is 12.0 Å². The Morgan fingerprint density at radius 3 is 2.88 bits per heavy atom. The summed E-state index contributed by atoms with van der Waals surface area (Å²) in [6.07, 6.45) is 6.74. The van der Waals surface area contributed by atoms with Crippen molar-refractivity contribution >= 4 is 5.91 Å². The summed E-state index contributed by atoms with van der Waals surface area (Å²) in [6.45, 7) is 3.12.